The Morgan fingerprint density at radius 3 is 2.19 bits per heavy atom. The molecule has 0 spiro atoms. The first-order chi connectivity index (χ1) is 7.33. The average molecular weight is 232 g/mol. The summed E-state index contributed by atoms with van der Waals surface area (Å²) in [6.07, 6.45) is 2.08. The van der Waals surface area contributed by atoms with Crippen molar-refractivity contribution in [3.8, 4) is 0 Å². The van der Waals surface area contributed by atoms with E-state index in [1.54, 1.807) is 0 Å². The molecule has 3 aliphatic carbocycles. The standard InChI is InChI=1S/C13H19F3/c1-7-10(11(7)14)6-12(2)4-8(12)3-9-5-13(9,15)16/h7-11H,3-6H2,1-2H3/t7-,8?,9?,10?,11?,12-/m1/s1. The van der Waals surface area contributed by atoms with Gasteiger partial charge in [0, 0.05) is 12.3 Å². The molecule has 4 unspecified atom stereocenters. The van der Waals surface area contributed by atoms with E-state index < -0.39 is 12.1 Å². The predicted octanol–water partition coefficient (Wildman–Crippen LogP) is 4.05. The van der Waals surface area contributed by atoms with Crippen molar-refractivity contribution in [3.05, 3.63) is 0 Å². The van der Waals surface area contributed by atoms with Gasteiger partial charge in [-0.25, -0.2) is 13.2 Å². The topological polar surface area (TPSA) is 0 Å². The first kappa shape index (κ1) is 10.9. The van der Waals surface area contributed by atoms with Crippen LogP contribution in [0.2, 0.25) is 0 Å². The number of hydrogen-bond acceptors (Lipinski definition) is 0. The summed E-state index contributed by atoms with van der Waals surface area (Å²) in [6.45, 7) is 4.10. The van der Waals surface area contributed by atoms with Gasteiger partial charge < -0.3 is 0 Å². The van der Waals surface area contributed by atoms with Crippen molar-refractivity contribution in [2.24, 2.45) is 29.1 Å². The highest BCUT2D eigenvalue weighted by atomic mass is 19.3. The van der Waals surface area contributed by atoms with Gasteiger partial charge >= 0.3 is 0 Å². The lowest BCUT2D eigenvalue weighted by Crippen LogP contribution is -2.03. The molecule has 0 radical (unpaired) electrons. The molecular formula is C13H19F3. The highest BCUT2D eigenvalue weighted by Gasteiger charge is 2.63. The normalized spacial score (nSPS) is 57.2. The van der Waals surface area contributed by atoms with E-state index >= 15 is 0 Å². The van der Waals surface area contributed by atoms with Gasteiger partial charge in [0.2, 0.25) is 0 Å². The summed E-state index contributed by atoms with van der Waals surface area (Å²) >= 11 is 0. The zero-order chi connectivity index (χ0) is 11.7. The van der Waals surface area contributed by atoms with Crippen LogP contribution in [-0.2, 0) is 0 Å². The number of hydrogen-bond donors (Lipinski definition) is 0. The van der Waals surface area contributed by atoms with Gasteiger partial charge in [-0.15, -0.1) is 0 Å². The minimum absolute atomic E-state index is 0.0884. The van der Waals surface area contributed by atoms with Crippen LogP contribution < -0.4 is 0 Å². The van der Waals surface area contributed by atoms with Crippen molar-refractivity contribution in [1.82, 2.24) is 0 Å². The molecule has 0 saturated heterocycles. The van der Waals surface area contributed by atoms with Crippen LogP contribution >= 0.6 is 0 Å². The predicted molar refractivity (Wildman–Crippen MR) is 56.1 cm³/mol. The van der Waals surface area contributed by atoms with E-state index in [2.05, 4.69) is 6.92 Å². The van der Waals surface area contributed by atoms with E-state index in [0.29, 0.717) is 12.3 Å². The van der Waals surface area contributed by atoms with Gasteiger partial charge in [0.1, 0.15) is 6.17 Å². The fourth-order valence-electron chi connectivity index (χ4n) is 3.32. The van der Waals surface area contributed by atoms with Crippen molar-refractivity contribution < 1.29 is 13.2 Å². The molecule has 3 fully saturated rings. The number of halogens is 3. The van der Waals surface area contributed by atoms with Gasteiger partial charge in [-0.2, -0.15) is 0 Å². The highest BCUT2D eigenvalue weighted by molar-refractivity contribution is 5.09. The van der Waals surface area contributed by atoms with Crippen LogP contribution in [0, 0.1) is 29.1 Å². The van der Waals surface area contributed by atoms with E-state index in [0.717, 1.165) is 12.8 Å². The summed E-state index contributed by atoms with van der Waals surface area (Å²) in [5.74, 6) is -1.88. The molecule has 3 heteroatoms. The van der Waals surface area contributed by atoms with Crippen molar-refractivity contribution in [2.75, 3.05) is 0 Å². The summed E-state index contributed by atoms with van der Waals surface area (Å²) in [6, 6.07) is 0. The monoisotopic (exact) mass is 232 g/mol. The molecule has 0 aliphatic heterocycles. The lowest BCUT2D eigenvalue weighted by molar-refractivity contribution is 0.0946. The minimum Gasteiger partial charge on any atom is -0.247 e. The Morgan fingerprint density at radius 2 is 1.75 bits per heavy atom. The molecule has 0 bridgehead atoms. The summed E-state index contributed by atoms with van der Waals surface area (Å²) in [5, 5.41) is 0. The summed E-state index contributed by atoms with van der Waals surface area (Å²) in [4.78, 5) is 0. The van der Waals surface area contributed by atoms with Gasteiger partial charge in [-0.1, -0.05) is 13.8 Å². The second-order valence-electron chi connectivity index (χ2n) is 6.62. The average Bonchev–Trinajstić information content (AvgIpc) is 3.07. The smallest absolute Gasteiger partial charge is 0.247 e. The first-order valence-electron chi connectivity index (χ1n) is 6.35. The van der Waals surface area contributed by atoms with Gasteiger partial charge in [0.15, 0.2) is 0 Å². The second kappa shape index (κ2) is 2.97. The lowest BCUT2D eigenvalue weighted by atomic mass is 9.95. The van der Waals surface area contributed by atoms with Crippen LogP contribution in [0.3, 0.4) is 0 Å². The summed E-state index contributed by atoms with van der Waals surface area (Å²) in [7, 11) is 0. The Bertz CT molecular complexity index is 306. The highest BCUT2D eigenvalue weighted by Crippen LogP contribution is 2.66. The molecule has 0 N–H and O–H groups in total. The Hall–Kier alpha value is -0.210. The molecule has 0 heterocycles. The van der Waals surface area contributed by atoms with Crippen LogP contribution in [0.5, 0.6) is 0 Å². The molecule has 0 aromatic heterocycles. The molecule has 6 atom stereocenters. The maximum atomic E-state index is 13.1. The fraction of sp³-hybridized carbons (Fsp3) is 1.00. The van der Waals surface area contributed by atoms with Crippen LogP contribution in [0.15, 0.2) is 0 Å². The molecule has 0 nitrogen and oxygen atoms in total. The van der Waals surface area contributed by atoms with Crippen molar-refractivity contribution >= 4 is 0 Å². The number of rotatable bonds is 4. The lowest BCUT2D eigenvalue weighted by Gasteiger charge is -2.10. The van der Waals surface area contributed by atoms with E-state index in [4.69, 9.17) is 0 Å². The van der Waals surface area contributed by atoms with Gasteiger partial charge in [0.25, 0.3) is 5.92 Å². The van der Waals surface area contributed by atoms with Crippen LogP contribution in [0.25, 0.3) is 0 Å². The third-order valence-corrected chi connectivity index (χ3v) is 5.21. The molecule has 0 aromatic rings. The molecule has 3 rings (SSSR count). The van der Waals surface area contributed by atoms with E-state index in [-0.39, 0.29) is 29.6 Å². The minimum atomic E-state index is -2.38. The second-order valence-corrected chi connectivity index (χ2v) is 6.62. The van der Waals surface area contributed by atoms with Crippen LogP contribution in [-0.4, -0.2) is 12.1 Å². The molecule has 3 saturated carbocycles. The van der Waals surface area contributed by atoms with Crippen molar-refractivity contribution in [2.45, 2.75) is 51.6 Å². The van der Waals surface area contributed by atoms with Crippen LogP contribution in [0.4, 0.5) is 13.2 Å². The van der Waals surface area contributed by atoms with Gasteiger partial charge in [-0.3, -0.25) is 0 Å². The largest absolute Gasteiger partial charge is 0.251 e. The Labute approximate surface area is 94.6 Å². The van der Waals surface area contributed by atoms with Crippen LogP contribution in [0.1, 0.15) is 39.5 Å². The van der Waals surface area contributed by atoms with Gasteiger partial charge in [0.05, 0.1) is 0 Å². The van der Waals surface area contributed by atoms with Crippen molar-refractivity contribution in [3.63, 3.8) is 0 Å². The van der Waals surface area contributed by atoms with E-state index in [1.165, 1.54) is 0 Å². The Balaban J connectivity index is 1.47. The van der Waals surface area contributed by atoms with Gasteiger partial charge in [-0.05, 0) is 42.4 Å². The van der Waals surface area contributed by atoms with E-state index in [9.17, 15) is 13.2 Å². The molecule has 0 aromatic carbocycles. The SMILES string of the molecule is C[C@H]1C(F)C1C[C@@]1(C)CC1CC1CC1(F)F. The van der Waals surface area contributed by atoms with Crippen molar-refractivity contribution in [1.29, 1.82) is 0 Å². The molecule has 3 aliphatic rings. The summed E-state index contributed by atoms with van der Waals surface area (Å²) in [5.41, 5.74) is 0.179. The maximum Gasteiger partial charge on any atom is 0.251 e. The summed E-state index contributed by atoms with van der Waals surface area (Å²) < 4.78 is 38.7. The van der Waals surface area contributed by atoms with E-state index in [1.807, 2.05) is 6.92 Å². The quantitative estimate of drug-likeness (QED) is 0.686. The zero-order valence-electron chi connectivity index (χ0n) is 9.85. The molecule has 92 valence electrons. The third-order valence-electron chi connectivity index (χ3n) is 5.21. The zero-order valence-corrected chi connectivity index (χ0v) is 9.85. The molecule has 0 amide bonds. The molecular weight excluding hydrogens is 213 g/mol. The Kier molecular flexibility index (Phi) is 2.02. The fourth-order valence-corrected chi connectivity index (χ4v) is 3.32. The Morgan fingerprint density at radius 1 is 1.19 bits per heavy atom. The number of alkyl halides is 3. The first-order valence-corrected chi connectivity index (χ1v) is 6.35. The third kappa shape index (κ3) is 1.67. The molecule has 16 heavy (non-hydrogen) atoms. The maximum absolute atomic E-state index is 13.1.